The topological polar surface area (TPSA) is 86.2 Å². The summed E-state index contributed by atoms with van der Waals surface area (Å²) in [4.78, 5) is 19.5. The van der Waals surface area contributed by atoms with Crippen LogP contribution in [0.2, 0.25) is 0 Å². The zero-order valence-corrected chi connectivity index (χ0v) is 16.7. The molecule has 1 heterocycles. The maximum Gasteiger partial charge on any atom is 0.335 e. The fourth-order valence-corrected chi connectivity index (χ4v) is 4.22. The fraction of sp³-hybridized carbons (Fsp3) is 0.120. The van der Waals surface area contributed by atoms with Gasteiger partial charge in [-0.3, -0.25) is 0 Å². The largest absolute Gasteiger partial charge is 0.507 e. The Hall–Kier alpha value is -3.93. The Morgan fingerprint density at radius 1 is 1.16 bits per heavy atom. The number of aromatic nitrogens is 2. The predicted molar refractivity (Wildman–Crippen MR) is 118 cm³/mol. The summed E-state index contributed by atoms with van der Waals surface area (Å²) in [5.41, 5.74) is 2.97. The highest BCUT2D eigenvalue weighted by molar-refractivity contribution is 6.09. The van der Waals surface area contributed by atoms with E-state index in [0.717, 1.165) is 22.5 Å². The predicted octanol–water partition coefficient (Wildman–Crippen LogP) is 5.56. The van der Waals surface area contributed by atoms with Crippen LogP contribution in [0.25, 0.3) is 27.4 Å². The van der Waals surface area contributed by atoms with Crippen molar-refractivity contribution in [1.29, 1.82) is 0 Å². The summed E-state index contributed by atoms with van der Waals surface area (Å²) < 4.78 is 13.3. The fourth-order valence-electron chi connectivity index (χ4n) is 4.22. The molecule has 3 N–H and O–H groups in total. The maximum absolute atomic E-state index is 13.3. The first kappa shape index (κ1) is 19.1. The van der Waals surface area contributed by atoms with Crippen LogP contribution in [0.1, 0.15) is 35.1 Å². The number of phenolic OH excluding ortho intramolecular Hbond substituents is 1. The molecule has 1 aliphatic carbocycles. The average Bonchev–Trinajstić information content (AvgIpc) is 3.19. The molecule has 0 saturated carbocycles. The lowest BCUT2D eigenvalue weighted by Gasteiger charge is -2.28. The molecule has 4 aromatic rings. The van der Waals surface area contributed by atoms with E-state index < -0.39 is 11.4 Å². The van der Waals surface area contributed by atoms with Gasteiger partial charge in [-0.2, -0.15) is 0 Å². The third kappa shape index (κ3) is 3.17. The monoisotopic (exact) mass is 414 g/mol. The lowest BCUT2D eigenvalue weighted by molar-refractivity contribution is 0.0696. The van der Waals surface area contributed by atoms with Crippen molar-refractivity contribution in [3.05, 3.63) is 89.5 Å². The number of nitrogens with zero attached hydrogens (tertiary/aromatic N) is 1. The number of aromatic amines is 1. The molecular weight excluding hydrogens is 395 g/mol. The molecule has 154 valence electrons. The lowest BCUT2D eigenvalue weighted by Crippen LogP contribution is -2.23. The number of aromatic hydroxyl groups is 1. The summed E-state index contributed by atoms with van der Waals surface area (Å²) in [6.07, 6.45) is 6.74. The smallest absolute Gasteiger partial charge is 0.335 e. The summed E-state index contributed by atoms with van der Waals surface area (Å²) >= 11 is 0. The second-order valence-electron chi connectivity index (χ2n) is 8.10. The SMILES string of the molecule is CC1(c2nc3c(ccc4cc(C(=O)O)cc(O)c43)[nH]2)C=CC=C(c2ccc(F)cc2)C1. The second-order valence-corrected chi connectivity index (χ2v) is 8.10. The van der Waals surface area contributed by atoms with Gasteiger partial charge in [0, 0.05) is 5.41 Å². The number of hydrogen-bond acceptors (Lipinski definition) is 3. The zero-order valence-electron chi connectivity index (χ0n) is 16.7. The first-order chi connectivity index (χ1) is 14.8. The van der Waals surface area contributed by atoms with Crippen LogP contribution in [0.5, 0.6) is 5.75 Å². The van der Waals surface area contributed by atoms with Gasteiger partial charge in [0.05, 0.1) is 16.5 Å². The minimum Gasteiger partial charge on any atom is -0.507 e. The lowest BCUT2D eigenvalue weighted by atomic mass is 9.77. The van der Waals surface area contributed by atoms with Crippen molar-refractivity contribution < 1.29 is 19.4 Å². The van der Waals surface area contributed by atoms with Gasteiger partial charge in [-0.15, -0.1) is 0 Å². The highest BCUT2D eigenvalue weighted by Crippen LogP contribution is 2.40. The summed E-state index contributed by atoms with van der Waals surface area (Å²) in [6, 6.07) is 12.8. The van der Waals surface area contributed by atoms with Gasteiger partial charge in [0.25, 0.3) is 0 Å². The maximum atomic E-state index is 13.3. The number of hydrogen-bond donors (Lipinski definition) is 3. The molecule has 1 aliphatic rings. The molecule has 5 nitrogen and oxygen atoms in total. The van der Waals surface area contributed by atoms with E-state index in [1.54, 1.807) is 18.2 Å². The van der Waals surface area contributed by atoms with Crippen LogP contribution in [-0.4, -0.2) is 26.2 Å². The van der Waals surface area contributed by atoms with Crippen molar-refractivity contribution in [3.8, 4) is 5.75 Å². The second kappa shape index (κ2) is 6.80. The molecule has 0 bridgehead atoms. The third-order valence-corrected chi connectivity index (χ3v) is 5.87. The number of benzene rings is 3. The Kier molecular flexibility index (Phi) is 4.18. The standard InChI is InChI=1S/C25H19FN2O3/c1-25(10-2-3-16(13-25)14-4-7-18(26)8-5-14)24-27-19-9-6-15-11-17(23(30)31)12-20(29)21(15)22(19)28-24/h2-12,29H,13H2,1H3,(H,27,28)(H,30,31). The molecule has 1 unspecified atom stereocenters. The highest BCUT2D eigenvalue weighted by Gasteiger charge is 2.31. The molecule has 0 fully saturated rings. The molecule has 0 saturated heterocycles. The molecule has 0 aliphatic heterocycles. The van der Waals surface area contributed by atoms with Crippen LogP contribution in [0, 0.1) is 5.82 Å². The van der Waals surface area contributed by atoms with Crippen molar-refractivity contribution in [1.82, 2.24) is 9.97 Å². The van der Waals surface area contributed by atoms with Gasteiger partial charge in [0.2, 0.25) is 0 Å². The van der Waals surface area contributed by atoms with Gasteiger partial charge in [0.15, 0.2) is 0 Å². The summed E-state index contributed by atoms with van der Waals surface area (Å²) in [5.74, 6) is -0.746. The van der Waals surface area contributed by atoms with Crippen LogP contribution in [0.15, 0.2) is 66.8 Å². The normalized spacial score (nSPS) is 18.5. The van der Waals surface area contributed by atoms with E-state index in [9.17, 15) is 19.4 Å². The summed E-state index contributed by atoms with van der Waals surface area (Å²) in [6.45, 7) is 2.07. The molecule has 1 atom stereocenters. The number of carbonyl (C=O) groups is 1. The average molecular weight is 414 g/mol. The number of halogens is 1. The number of rotatable bonds is 3. The number of aromatic carboxylic acids is 1. The molecule has 0 spiro atoms. The number of fused-ring (bicyclic) bond motifs is 3. The molecule has 5 rings (SSSR count). The number of allylic oxidation sites excluding steroid dienone is 4. The molecular formula is C25H19FN2O3. The van der Waals surface area contributed by atoms with Gasteiger partial charge in [-0.1, -0.05) is 36.4 Å². The highest BCUT2D eigenvalue weighted by atomic mass is 19.1. The number of imidazole rings is 1. The van der Waals surface area contributed by atoms with Crippen LogP contribution >= 0.6 is 0 Å². The van der Waals surface area contributed by atoms with Crippen LogP contribution in [0.3, 0.4) is 0 Å². The Morgan fingerprint density at radius 2 is 1.94 bits per heavy atom. The molecule has 1 aromatic heterocycles. The van der Waals surface area contributed by atoms with Crippen molar-refractivity contribution in [2.45, 2.75) is 18.8 Å². The summed E-state index contributed by atoms with van der Waals surface area (Å²) in [5, 5.41) is 20.9. The number of phenols is 1. The van der Waals surface area contributed by atoms with Gasteiger partial charge in [-0.25, -0.2) is 14.2 Å². The minimum absolute atomic E-state index is 0.0244. The first-order valence-corrected chi connectivity index (χ1v) is 9.88. The van der Waals surface area contributed by atoms with Crippen LogP contribution in [0.4, 0.5) is 4.39 Å². The van der Waals surface area contributed by atoms with Crippen molar-refractivity contribution >= 4 is 33.3 Å². The van der Waals surface area contributed by atoms with Crippen LogP contribution < -0.4 is 0 Å². The Balaban J connectivity index is 1.59. The molecule has 3 aromatic carbocycles. The molecule has 0 amide bonds. The molecule has 0 radical (unpaired) electrons. The van der Waals surface area contributed by atoms with E-state index in [0.29, 0.717) is 22.7 Å². The van der Waals surface area contributed by atoms with Gasteiger partial charge in [-0.05, 0) is 60.2 Å². The van der Waals surface area contributed by atoms with Crippen molar-refractivity contribution in [2.24, 2.45) is 0 Å². The number of carboxylic acid groups (broad SMARTS) is 1. The number of nitrogens with one attached hydrogen (secondary N) is 1. The van der Waals surface area contributed by atoms with E-state index in [1.807, 2.05) is 18.2 Å². The van der Waals surface area contributed by atoms with Gasteiger partial charge < -0.3 is 15.2 Å². The van der Waals surface area contributed by atoms with E-state index in [4.69, 9.17) is 4.98 Å². The first-order valence-electron chi connectivity index (χ1n) is 9.88. The van der Waals surface area contributed by atoms with Crippen molar-refractivity contribution in [3.63, 3.8) is 0 Å². The van der Waals surface area contributed by atoms with Gasteiger partial charge in [0.1, 0.15) is 22.9 Å². The Labute approximate surface area is 177 Å². The Morgan fingerprint density at radius 3 is 2.68 bits per heavy atom. The molecule has 6 heteroatoms. The third-order valence-electron chi connectivity index (χ3n) is 5.87. The van der Waals surface area contributed by atoms with E-state index in [2.05, 4.69) is 18.0 Å². The minimum atomic E-state index is -1.10. The summed E-state index contributed by atoms with van der Waals surface area (Å²) in [7, 11) is 0. The quantitative estimate of drug-likeness (QED) is 0.410. The van der Waals surface area contributed by atoms with Crippen LogP contribution in [-0.2, 0) is 5.41 Å². The number of carboxylic acids is 1. The van der Waals surface area contributed by atoms with Gasteiger partial charge >= 0.3 is 5.97 Å². The number of H-pyrrole nitrogens is 1. The molecule has 31 heavy (non-hydrogen) atoms. The van der Waals surface area contributed by atoms with E-state index in [1.165, 1.54) is 24.3 Å². The van der Waals surface area contributed by atoms with Crippen molar-refractivity contribution in [2.75, 3.05) is 0 Å². The van der Waals surface area contributed by atoms with E-state index in [-0.39, 0.29) is 17.1 Å². The van der Waals surface area contributed by atoms with E-state index >= 15 is 0 Å². The zero-order chi connectivity index (χ0) is 21.8. The Bertz CT molecular complexity index is 1420.